The van der Waals surface area contributed by atoms with Crippen molar-refractivity contribution in [3.8, 4) is 0 Å². The molecular weight excluding hydrogens is 1180 g/mol. The highest BCUT2D eigenvalue weighted by Gasteiger charge is 2.69. The standard InChI is InChI=1S/C66H84O24/c1-11-65(63(69)75-9)39(2)48(71-5)54(73-7)61(89-65)87-50-47(37-78-40(3)67)85-60(56(52(50)83-41(4)68)81-35-45-30-22-15-23-31-45)88-58-53(72-6)57-62(90-66(58,38-82-57)64(70)76-10)86-49-46(36-77-32-42-24-16-12-17-25-42)84-59(74-8)55(80-34-44-28-20-14-21-29-44)51(49)79-33-43-26-18-13-19-27-43/h12-31,39,46-62H,11,32-38H2,1-10H3/t39-,46?,47?,48+,49+,50+,51-,52+,53?,54?,55?,56?,57-,58-,59-,60+,61-,62+,65?,66?/m1/s1. The Hall–Kier alpha value is -5.88. The Bertz CT molecular complexity index is 2880. The first kappa shape index (κ1) is 68.5. The van der Waals surface area contributed by atoms with Crippen LogP contribution in [0.15, 0.2) is 121 Å². The fraction of sp³-hybridized carbons (Fsp3) is 0.576. The summed E-state index contributed by atoms with van der Waals surface area (Å²) in [6.45, 7) is 5.22. The maximum absolute atomic E-state index is 14.9. The lowest BCUT2D eigenvalue weighted by atomic mass is 9.77. The molecule has 24 nitrogen and oxygen atoms in total. The number of methoxy groups -OCH3 is 6. The van der Waals surface area contributed by atoms with Crippen molar-refractivity contribution in [2.45, 2.75) is 176 Å². The number of carbonyl (C=O) groups is 4. The van der Waals surface area contributed by atoms with Gasteiger partial charge in [0.25, 0.3) is 0 Å². The predicted octanol–water partition coefficient (Wildman–Crippen LogP) is 5.73. The second kappa shape index (κ2) is 32.1. The van der Waals surface area contributed by atoms with Crippen molar-refractivity contribution in [3.05, 3.63) is 144 Å². The Morgan fingerprint density at radius 3 is 1.47 bits per heavy atom. The van der Waals surface area contributed by atoms with Gasteiger partial charge >= 0.3 is 23.9 Å². The summed E-state index contributed by atoms with van der Waals surface area (Å²) in [6.07, 6.45) is -21.1. The van der Waals surface area contributed by atoms with E-state index in [-0.39, 0.29) is 39.5 Å². The first-order valence-electron chi connectivity index (χ1n) is 30.1. The third kappa shape index (κ3) is 15.4. The Labute approximate surface area is 524 Å². The van der Waals surface area contributed by atoms with Gasteiger partial charge in [0.1, 0.15) is 73.8 Å². The smallest absolute Gasteiger partial charge is 0.343 e. The Kier molecular flexibility index (Phi) is 24.4. The van der Waals surface area contributed by atoms with E-state index in [0.29, 0.717) is 5.56 Å². The van der Waals surface area contributed by atoms with Gasteiger partial charge < -0.3 is 94.7 Å². The van der Waals surface area contributed by atoms with Crippen molar-refractivity contribution < 1.29 is 114 Å². The molecule has 6 heterocycles. The summed E-state index contributed by atoms with van der Waals surface area (Å²) in [6, 6.07) is 37.9. The number of carbonyl (C=O) groups excluding carboxylic acids is 4. The van der Waals surface area contributed by atoms with E-state index in [1.54, 1.807) is 13.8 Å². The van der Waals surface area contributed by atoms with Crippen LogP contribution in [-0.4, -0.2) is 202 Å². The molecule has 0 aromatic heterocycles. The zero-order valence-electron chi connectivity index (χ0n) is 52.4. The highest BCUT2D eigenvalue weighted by Crippen LogP contribution is 2.47. The van der Waals surface area contributed by atoms with Gasteiger partial charge in [0.15, 0.2) is 36.9 Å². The minimum atomic E-state index is -2.23. The second-order valence-electron chi connectivity index (χ2n) is 22.5. The van der Waals surface area contributed by atoms with Crippen LogP contribution in [-0.2, 0) is 140 Å². The summed E-state index contributed by atoms with van der Waals surface area (Å²) >= 11 is 0. The van der Waals surface area contributed by atoms with E-state index in [4.69, 9.17) is 94.7 Å². The fourth-order valence-corrected chi connectivity index (χ4v) is 12.5. The van der Waals surface area contributed by atoms with Gasteiger partial charge in [-0.1, -0.05) is 135 Å². The summed E-state index contributed by atoms with van der Waals surface area (Å²) in [5.41, 5.74) is -0.539. The van der Waals surface area contributed by atoms with Crippen LogP contribution in [0.4, 0.5) is 0 Å². The number of hydrogen-bond acceptors (Lipinski definition) is 24. The minimum absolute atomic E-state index is 0.0439. The lowest BCUT2D eigenvalue weighted by molar-refractivity contribution is -0.432. The van der Waals surface area contributed by atoms with Gasteiger partial charge in [-0.05, 0) is 28.7 Å². The van der Waals surface area contributed by atoms with E-state index in [1.807, 2.05) is 121 Å². The van der Waals surface area contributed by atoms with Gasteiger partial charge in [0.2, 0.25) is 5.60 Å². The number of esters is 4. The number of hydrogen-bond donors (Lipinski definition) is 0. The largest absolute Gasteiger partial charge is 0.467 e. The van der Waals surface area contributed by atoms with E-state index >= 15 is 0 Å². The van der Waals surface area contributed by atoms with Gasteiger partial charge in [-0.3, -0.25) is 9.59 Å². The van der Waals surface area contributed by atoms with E-state index in [9.17, 15) is 19.2 Å². The van der Waals surface area contributed by atoms with Crippen LogP contribution in [0.1, 0.15) is 56.4 Å². The zero-order chi connectivity index (χ0) is 64.0. The highest BCUT2D eigenvalue weighted by atomic mass is 16.8. The molecule has 0 amide bonds. The van der Waals surface area contributed by atoms with E-state index in [1.165, 1.54) is 56.5 Å². The molecule has 0 N–H and O–H groups in total. The third-order valence-corrected chi connectivity index (χ3v) is 17.0. The summed E-state index contributed by atoms with van der Waals surface area (Å²) in [4.78, 5) is 55.1. The fourth-order valence-electron chi connectivity index (χ4n) is 12.5. The highest BCUT2D eigenvalue weighted by molar-refractivity contribution is 5.81. The van der Waals surface area contributed by atoms with Gasteiger partial charge in [0, 0.05) is 48.2 Å². The molecule has 8 unspecified atom stereocenters. The van der Waals surface area contributed by atoms with Gasteiger partial charge in [-0.15, -0.1) is 0 Å². The third-order valence-electron chi connectivity index (χ3n) is 17.0. The van der Waals surface area contributed by atoms with Crippen LogP contribution in [0.2, 0.25) is 0 Å². The van der Waals surface area contributed by atoms with Crippen LogP contribution < -0.4 is 0 Å². The van der Waals surface area contributed by atoms with Gasteiger partial charge in [-0.2, -0.15) is 0 Å². The molecule has 90 heavy (non-hydrogen) atoms. The molecule has 0 saturated carbocycles. The summed E-state index contributed by atoms with van der Waals surface area (Å²) in [7, 11) is 8.22. The number of ether oxygens (including phenoxy) is 20. The summed E-state index contributed by atoms with van der Waals surface area (Å²) < 4.78 is 129. The molecule has 6 aliphatic rings. The minimum Gasteiger partial charge on any atom is -0.467 e. The zero-order valence-corrected chi connectivity index (χ0v) is 52.4. The van der Waals surface area contributed by atoms with Gasteiger partial charge in [0.05, 0.1) is 60.0 Å². The van der Waals surface area contributed by atoms with Crippen LogP contribution >= 0.6 is 0 Å². The molecule has 492 valence electrons. The predicted molar refractivity (Wildman–Crippen MR) is 313 cm³/mol. The molecule has 0 radical (unpaired) electrons. The molecule has 2 bridgehead atoms. The molecule has 0 aliphatic carbocycles. The molecule has 10 rings (SSSR count). The van der Waals surface area contributed by atoms with Crippen molar-refractivity contribution in [2.75, 3.05) is 62.5 Å². The average Bonchev–Trinajstić information content (AvgIpc) is 0.729. The van der Waals surface area contributed by atoms with E-state index in [2.05, 4.69) is 0 Å². The van der Waals surface area contributed by atoms with Crippen molar-refractivity contribution in [2.24, 2.45) is 5.92 Å². The normalized spacial score (nSPS) is 34.0. The molecule has 6 saturated heterocycles. The van der Waals surface area contributed by atoms with Crippen molar-refractivity contribution >= 4 is 23.9 Å². The lowest BCUT2D eigenvalue weighted by Crippen LogP contribution is -2.78. The molecular formula is C66H84O24. The Morgan fingerprint density at radius 2 is 0.967 bits per heavy atom. The molecule has 0 spiro atoms. The van der Waals surface area contributed by atoms with Crippen LogP contribution in [0.3, 0.4) is 0 Å². The van der Waals surface area contributed by atoms with Crippen molar-refractivity contribution in [1.82, 2.24) is 0 Å². The van der Waals surface area contributed by atoms with Crippen LogP contribution in [0.25, 0.3) is 0 Å². The lowest BCUT2D eigenvalue weighted by Gasteiger charge is -2.57. The quantitative estimate of drug-likeness (QED) is 0.0465. The second-order valence-corrected chi connectivity index (χ2v) is 22.5. The maximum Gasteiger partial charge on any atom is 0.343 e. The number of fused-ring (bicyclic) bond motifs is 3. The number of rotatable bonds is 29. The molecule has 4 aromatic rings. The van der Waals surface area contributed by atoms with E-state index < -0.39 is 159 Å². The molecule has 4 aromatic carbocycles. The Morgan fingerprint density at radius 1 is 0.478 bits per heavy atom. The summed E-state index contributed by atoms with van der Waals surface area (Å²) in [5, 5.41) is 0. The maximum atomic E-state index is 14.9. The van der Waals surface area contributed by atoms with Crippen LogP contribution in [0.5, 0.6) is 0 Å². The van der Waals surface area contributed by atoms with Gasteiger partial charge in [-0.25, -0.2) is 9.59 Å². The molecule has 6 fully saturated rings. The van der Waals surface area contributed by atoms with E-state index in [0.717, 1.165) is 16.7 Å². The topological polar surface area (TPSA) is 253 Å². The average molecular weight is 1260 g/mol. The van der Waals surface area contributed by atoms with Crippen LogP contribution in [0, 0.1) is 5.92 Å². The number of benzene rings is 4. The molecule has 6 aliphatic heterocycles. The van der Waals surface area contributed by atoms with Crippen molar-refractivity contribution in [1.29, 1.82) is 0 Å². The summed E-state index contributed by atoms with van der Waals surface area (Å²) in [5.74, 6) is -3.79. The Balaban J connectivity index is 1.09. The monoisotopic (exact) mass is 1260 g/mol. The first-order chi connectivity index (χ1) is 43.6. The van der Waals surface area contributed by atoms with Crippen molar-refractivity contribution in [3.63, 3.8) is 0 Å². The molecule has 24 heteroatoms. The molecule has 20 atom stereocenters. The first-order valence-corrected chi connectivity index (χ1v) is 30.1. The SMILES string of the molecule is CCC1(C(=O)OC)O[C@@H](O[C@H]2C(COC(C)=O)O[C@@H](O[C@@H]3C(OC)[C@H]4OCC3(C(=O)OC)O[C@@H]4O[C@H]3C(COCc4ccccc4)O[C@@H](OC)C(OCc4ccccc4)[C@@H]3OCc3ccccc3)C(OCc3ccccc3)[C@H]2OC(C)=O)C(OC)[C@@H](OC)[C@H]1C.